The van der Waals surface area contributed by atoms with Gasteiger partial charge >= 0.3 is 120 Å². The molecule has 7 heteroatoms. The first-order valence-corrected chi connectivity index (χ1v) is 29.3. The fraction of sp³-hybridized carbons (Fsp3) is 0.211. The van der Waals surface area contributed by atoms with Crippen LogP contribution in [0.4, 0.5) is 0 Å². The summed E-state index contributed by atoms with van der Waals surface area (Å²) in [6.07, 6.45) is 3.93. The summed E-state index contributed by atoms with van der Waals surface area (Å²) in [5, 5.41) is 4.33. The molecule has 10 rings (SSSR count). The second-order valence-corrected chi connectivity index (χ2v) is 28.9. The van der Waals surface area contributed by atoms with Crippen molar-refractivity contribution in [2.45, 2.75) is 76.5 Å². The van der Waals surface area contributed by atoms with Crippen LogP contribution in [0.1, 0.15) is 77.3 Å². The van der Waals surface area contributed by atoms with Crippen molar-refractivity contribution in [1.29, 1.82) is 0 Å². The molecule has 0 N–H and O–H groups in total. The number of nitrogens with zero attached hydrogens (tertiary/aromatic N) is 4. The summed E-state index contributed by atoms with van der Waals surface area (Å²) in [6, 6.07) is 52.8. The Morgan fingerprint density at radius 3 is 1.98 bits per heavy atom. The van der Waals surface area contributed by atoms with E-state index in [1.807, 2.05) is 68.7 Å². The zero-order chi connectivity index (χ0) is 44.9. The van der Waals surface area contributed by atoms with E-state index in [1.54, 1.807) is 0 Å². The SMILES string of the molecule is CC(C)c1cc(-c2ccccc2)cc(C(C)C)c1-n1c(-c2[c-]ccc3c2oc2ccccc23)nc2ncc3ccccc3c21.[2H]C(C)(C)c1cc(-c2[c-]cccc2)nc[c]1[Ge]([CH3])([CH3])[CH3].[Ir]. The summed E-state index contributed by atoms with van der Waals surface area (Å²) in [7, 11) is 0. The number of imidazole rings is 1. The molecule has 323 valence electrons. The average Bonchev–Trinajstić information content (AvgIpc) is 3.88. The molecule has 4 aromatic heterocycles. The van der Waals surface area contributed by atoms with Gasteiger partial charge in [-0.1, -0.05) is 111 Å². The summed E-state index contributed by atoms with van der Waals surface area (Å²) in [5.74, 6) is 7.74. The van der Waals surface area contributed by atoms with Gasteiger partial charge in [0.05, 0.1) is 16.9 Å². The molecule has 0 saturated heterocycles. The maximum Gasteiger partial charge on any atom is 0 e. The van der Waals surface area contributed by atoms with Crippen molar-refractivity contribution in [3.05, 3.63) is 175 Å². The van der Waals surface area contributed by atoms with Crippen LogP contribution in [0.2, 0.25) is 17.3 Å². The predicted octanol–water partition coefficient (Wildman–Crippen LogP) is 15.1. The molecule has 0 atom stereocenters. The maximum atomic E-state index is 8.44. The van der Waals surface area contributed by atoms with Gasteiger partial charge in [0.1, 0.15) is 5.58 Å². The van der Waals surface area contributed by atoms with E-state index in [9.17, 15) is 0 Å². The number of para-hydroxylation sites is 1. The number of hydrogen-bond donors (Lipinski definition) is 0. The van der Waals surface area contributed by atoms with Crippen molar-refractivity contribution in [2.75, 3.05) is 0 Å². The van der Waals surface area contributed by atoms with Gasteiger partial charge in [-0.15, -0.1) is 18.2 Å². The van der Waals surface area contributed by atoms with Gasteiger partial charge in [0.25, 0.3) is 0 Å². The first-order chi connectivity index (χ1) is 30.7. The average molecular weight is 1080 g/mol. The summed E-state index contributed by atoms with van der Waals surface area (Å²) >= 11 is -2.03. The molecule has 0 spiro atoms. The molecule has 4 heterocycles. The van der Waals surface area contributed by atoms with Crippen molar-refractivity contribution < 1.29 is 25.9 Å². The van der Waals surface area contributed by atoms with E-state index in [0.717, 1.165) is 72.1 Å². The number of pyridine rings is 2. The van der Waals surface area contributed by atoms with Gasteiger partial charge in [0.15, 0.2) is 5.65 Å². The predicted molar refractivity (Wildman–Crippen MR) is 267 cm³/mol. The second-order valence-electron chi connectivity index (χ2n) is 18.3. The monoisotopic (exact) mass is 1080 g/mol. The number of fused-ring (bicyclic) bond motifs is 6. The minimum atomic E-state index is -2.03. The fourth-order valence-electron chi connectivity index (χ4n) is 8.72. The van der Waals surface area contributed by atoms with E-state index in [4.69, 9.17) is 15.8 Å². The standard InChI is InChI=1S/C40H32N3O.C17H22GeN.Ir/c1-24(2)33-21-28(26-13-6-5-7-14-26)22-34(25(3)4)36(33)43-37-29-16-9-8-15-27(29)23-41-39(37)42-40(43)32-19-12-18-31-30-17-10-11-20-35(30)44-38(31)32;1-13(2)15-11-17(14-9-7-6-8-10-14)19-12-16(15)18(3,4)5;/h5-18,20-25H,1-4H3;6-9,11-13H,1-5H3;/q2*-1;/i;13D;. The number of benzene rings is 6. The van der Waals surface area contributed by atoms with Gasteiger partial charge < -0.3 is 8.98 Å². The van der Waals surface area contributed by atoms with Crippen molar-refractivity contribution in [3.8, 4) is 39.5 Å². The Morgan fingerprint density at radius 1 is 0.641 bits per heavy atom. The molecule has 6 aromatic carbocycles. The Bertz CT molecular complexity index is 3280. The van der Waals surface area contributed by atoms with Crippen LogP contribution >= 0.6 is 0 Å². The van der Waals surface area contributed by atoms with Gasteiger partial charge in [0, 0.05) is 48.1 Å². The molecule has 64 heavy (non-hydrogen) atoms. The van der Waals surface area contributed by atoms with E-state index in [0.29, 0.717) is 5.65 Å². The molecule has 0 aliphatic heterocycles. The third-order valence-corrected chi connectivity index (χ3v) is 16.2. The summed E-state index contributed by atoms with van der Waals surface area (Å²) < 4.78 is 18.7. The molecule has 0 bridgehead atoms. The molecule has 5 nitrogen and oxygen atoms in total. The molecule has 1 radical (unpaired) electrons. The van der Waals surface area contributed by atoms with E-state index in [2.05, 4.69) is 158 Å². The Balaban J connectivity index is 0.000000232. The van der Waals surface area contributed by atoms with Crippen LogP contribution in [0, 0.1) is 12.1 Å². The number of aromatic nitrogens is 4. The zero-order valence-electron chi connectivity index (χ0n) is 39.0. The maximum absolute atomic E-state index is 8.44. The third kappa shape index (κ3) is 8.52. The molecule has 0 saturated carbocycles. The van der Waals surface area contributed by atoms with E-state index >= 15 is 0 Å². The van der Waals surface area contributed by atoms with Crippen molar-refractivity contribution in [2.24, 2.45) is 0 Å². The summed E-state index contributed by atoms with van der Waals surface area (Å²) in [5.41, 5.74) is 13.3. The topological polar surface area (TPSA) is 56.7 Å². The number of furan rings is 1. The van der Waals surface area contributed by atoms with Crippen LogP contribution in [0.15, 0.2) is 150 Å². The van der Waals surface area contributed by atoms with Crippen molar-refractivity contribution >= 4 is 61.5 Å². The van der Waals surface area contributed by atoms with Gasteiger partial charge in [0.2, 0.25) is 0 Å². The largest absolute Gasteiger partial charge is 0 e. The molecular formula is C57H54GeIrN4O-2. The van der Waals surface area contributed by atoms with E-state index in [-0.39, 0.29) is 31.9 Å². The molecule has 0 fully saturated rings. The van der Waals surface area contributed by atoms with E-state index in [1.165, 1.54) is 26.6 Å². The second kappa shape index (κ2) is 18.4. The number of hydrogen-bond acceptors (Lipinski definition) is 4. The van der Waals surface area contributed by atoms with E-state index < -0.39 is 19.2 Å². The Labute approximate surface area is 395 Å². The molecule has 10 aromatic rings. The Kier molecular flexibility index (Phi) is 12.6. The van der Waals surface area contributed by atoms with Crippen LogP contribution in [0.3, 0.4) is 0 Å². The summed E-state index contributed by atoms with van der Waals surface area (Å²) in [4.78, 5) is 14.8. The Morgan fingerprint density at radius 2 is 1.31 bits per heavy atom. The normalized spacial score (nSPS) is 12.2. The van der Waals surface area contributed by atoms with Gasteiger partial charge in [-0.3, -0.25) is 4.98 Å². The Hall–Kier alpha value is -5.66. The molecule has 0 unspecified atom stereocenters. The van der Waals surface area contributed by atoms with Crippen LogP contribution in [-0.4, -0.2) is 32.8 Å². The molecular weight excluding hydrogens is 1020 g/mol. The first kappa shape index (κ1) is 43.6. The molecule has 0 aliphatic rings. The zero-order valence-corrected chi connectivity index (χ0v) is 42.5. The third-order valence-electron chi connectivity index (χ3n) is 11.9. The summed E-state index contributed by atoms with van der Waals surface area (Å²) in [6.45, 7) is 13.0. The number of rotatable bonds is 8. The van der Waals surface area contributed by atoms with Crippen LogP contribution < -0.4 is 4.40 Å². The first-order valence-electron chi connectivity index (χ1n) is 22.5. The van der Waals surface area contributed by atoms with Gasteiger partial charge in [-0.2, -0.15) is 0 Å². The minimum Gasteiger partial charge on any atom is 0 e. The fourth-order valence-corrected chi connectivity index (χ4v) is 12.0. The molecule has 0 aliphatic carbocycles. The van der Waals surface area contributed by atoms with Gasteiger partial charge in [-0.05, 0) is 52.3 Å². The van der Waals surface area contributed by atoms with Crippen LogP contribution in [-0.2, 0) is 20.1 Å². The van der Waals surface area contributed by atoms with Crippen molar-refractivity contribution in [1.82, 2.24) is 19.5 Å². The minimum absolute atomic E-state index is 0. The van der Waals surface area contributed by atoms with Gasteiger partial charge in [-0.25, -0.2) is 4.98 Å². The quantitative estimate of drug-likeness (QED) is 0.112. The van der Waals surface area contributed by atoms with Crippen molar-refractivity contribution in [3.63, 3.8) is 0 Å². The molecule has 0 amide bonds. The smallest absolute Gasteiger partial charge is 0 e. The van der Waals surface area contributed by atoms with Crippen LogP contribution in [0.25, 0.3) is 83.3 Å². The van der Waals surface area contributed by atoms with Crippen LogP contribution in [0.5, 0.6) is 0 Å².